The topological polar surface area (TPSA) is 67.9 Å². The van der Waals surface area contributed by atoms with Crippen LogP contribution >= 0.6 is 0 Å². The summed E-state index contributed by atoms with van der Waals surface area (Å²) in [7, 11) is 0. The molecule has 0 fully saturated rings. The molecular weight excluding hydrogens is 308 g/mol. The van der Waals surface area contributed by atoms with E-state index in [2.05, 4.69) is 18.7 Å². The van der Waals surface area contributed by atoms with Gasteiger partial charge in [0.2, 0.25) is 6.79 Å². The predicted octanol–water partition coefficient (Wildman–Crippen LogP) is 1.65. The number of nitrogens with one attached hydrogen (secondary N) is 1. The van der Waals surface area contributed by atoms with Gasteiger partial charge >= 0.3 is 0 Å². The van der Waals surface area contributed by atoms with E-state index in [9.17, 15) is 9.59 Å². The van der Waals surface area contributed by atoms with Crippen molar-refractivity contribution in [2.75, 3.05) is 19.9 Å². The maximum Gasteiger partial charge on any atom is 0.253 e. The average molecular weight is 329 g/mol. The zero-order valence-electron chi connectivity index (χ0n) is 13.7. The number of amides is 2. The smallest absolute Gasteiger partial charge is 0.253 e. The van der Waals surface area contributed by atoms with Crippen molar-refractivity contribution in [2.24, 2.45) is 0 Å². The number of carbonyl (C=O) groups excluding carboxylic acids is 2. The number of unbranched alkanes of at least 4 members (excludes halogenated alkanes) is 1. The first-order chi connectivity index (χ1) is 11.6. The lowest BCUT2D eigenvalue weighted by Crippen LogP contribution is -2.32. The number of nitrogens with zero attached hydrogens (tertiary/aromatic N) is 1. The fourth-order valence-electron chi connectivity index (χ4n) is 2.74. The van der Waals surface area contributed by atoms with Crippen LogP contribution in [-0.4, -0.2) is 42.6 Å². The van der Waals surface area contributed by atoms with Crippen molar-refractivity contribution in [3.05, 3.63) is 42.3 Å². The average Bonchev–Trinajstić information content (AvgIpc) is 3.14. The summed E-state index contributed by atoms with van der Waals surface area (Å²) >= 11 is 0. The molecule has 0 aromatic heterocycles. The van der Waals surface area contributed by atoms with Gasteiger partial charge in [-0.1, -0.05) is 6.07 Å². The van der Waals surface area contributed by atoms with Crippen LogP contribution in [0.2, 0.25) is 0 Å². The molecule has 0 aliphatic carbocycles. The van der Waals surface area contributed by atoms with E-state index in [0.29, 0.717) is 6.54 Å². The summed E-state index contributed by atoms with van der Waals surface area (Å²) in [6, 6.07) is 6.10. The zero-order chi connectivity index (χ0) is 16.9. The van der Waals surface area contributed by atoms with Gasteiger partial charge in [0.05, 0.1) is 0 Å². The highest BCUT2D eigenvalue weighted by molar-refractivity contribution is 6.12. The van der Waals surface area contributed by atoms with Crippen LogP contribution in [0.4, 0.5) is 0 Å². The number of fused-ring (bicyclic) bond motifs is 1. The molecule has 0 bridgehead atoms. The molecule has 1 aromatic carbocycles. The maximum absolute atomic E-state index is 11.4. The molecule has 2 aliphatic rings. The van der Waals surface area contributed by atoms with Crippen molar-refractivity contribution in [2.45, 2.75) is 25.8 Å². The fourth-order valence-corrected chi connectivity index (χ4v) is 2.74. The van der Waals surface area contributed by atoms with Gasteiger partial charge in [-0.3, -0.25) is 14.5 Å². The second kappa shape index (κ2) is 7.49. The molecule has 1 N–H and O–H groups in total. The molecule has 1 aromatic rings. The van der Waals surface area contributed by atoms with Crippen molar-refractivity contribution in [1.82, 2.24) is 10.2 Å². The summed E-state index contributed by atoms with van der Waals surface area (Å²) in [5, 5.41) is 3.42. The molecule has 6 nitrogen and oxygen atoms in total. The van der Waals surface area contributed by atoms with Gasteiger partial charge in [0.15, 0.2) is 11.5 Å². The number of hydrogen-bond donors (Lipinski definition) is 1. The standard InChI is InChI=1S/C18H21N2O4/c1-13(10-14-4-5-15-16(11-14)24-12-23-15)19-8-2-3-9-20-17(21)6-7-18(20)22/h4-7,10-11,13,19H,2-3,8-9,12H2,1H3. The van der Waals surface area contributed by atoms with Gasteiger partial charge in [-0.25, -0.2) is 0 Å². The van der Waals surface area contributed by atoms with Crippen molar-refractivity contribution in [3.8, 4) is 11.5 Å². The first-order valence-electron chi connectivity index (χ1n) is 8.15. The van der Waals surface area contributed by atoms with E-state index in [4.69, 9.17) is 9.47 Å². The lowest BCUT2D eigenvalue weighted by molar-refractivity contribution is -0.136. The monoisotopic (exact) mass is 329 g/mol. The third kappa shape index (κ3) is 3.94. The SMILES string of the molecule is CC([CH]c1ccc2c(c1)OCO2)NCCCCN1C(=O)C=CC1=O. The molecule has 0 saturated carbocycles. The molecule has 0 spiro atoms. The lowest BCUT2D eigenvalue weighted by atomic mass is 10.1. The van der Waals surface area contributed by atoms with Crippen LogP contribution in [0.25, 0.3) is 0 Å². The van der Waals surface area contributed by atoms with Crippen molar-refractivity contribution in [3.63, 3.8) is 0 Å². The van der Waals surface area contributed by atoms with Crippen molar-refractivity contribution < 1.29 is 19.1 Å². The second-order valence-corrected chi connectivity index (χ2v) is 5.89. The molecular formula is C18H21N2O4. The number of carbonyl (C=O) groups is 2. The van der Waals surface area contributed by atoms with Crippen LogP contribution in [0.15, 0.2) is 30.4 Å². The third-order valence-corrected chi connectivity index (χ3v) is 4.01. The Balaban J connectivity index is 1.33. The van der Waals surface area contributed by atoms with Gasteiger partial charge in [0, 0.05) is 31.2 Å². The van der Waals surface area contributed by atoms with Crippen molar-refractivity contribution in [1.29, 1.82) is 0 Å². The van der Waals surface area contributed by atoms with Gasteiger partial charge in [-0.05, 0) is 44.0 Å². The Morgan fingerprint density at radius 3 is 2.71 bits per heavy atom. The van der Waals surface area contributed by atoms with E-state index < -0.39 is 0 Å². The summed E-state index contributed by atoms with van der Waals surface area (Å²) in [6.45, 7) is 3.67. The Morgan fingerprint density at radius 2 is 1.92 bits per heavy atom. The lowest BCUT2D eigenvalue weighted by Gasteiger charge is -2.16. The third-order valence-electron chi connectivity index (χ3n) is 4.01. The molecule has 1 radical (unpaired) electrons. The molecule has 6 heteroatoms. The van der Waals surface area contributed by atoms with E-state index in [1.807, 2.05) is 18.2 Å². The van der Waals surface area contributed by atoms with E-state index in [0.717, 1.165) is 36.4 Å². The first-order valence-corrected chi connectivity index (χ1v) is 8.15. The highest BCUT2D eigenvalue weighted by atomic mass is 16.7. The molecule has 24 heavy (non-hydrogen) atoms. The number of ether oxygens (including phenoxy) is 2. The largest absolute Gasteiger partial charge is 0.454 e. The summed E-state index contributed by atoms with van der Waals surface area (Å²) in [6.07, 6.45) is 6.46. The van der Waals surface area contributed by atoms with Crippen molar-refractivity contribution >= 4 is 11.8 Å². The summed E-state index contributed by atoms with van der Waals surface area (Å²) in [5.74, 6) is 1.15. The van der Waals surface area contributed by atoms with Crippen LogP contribution in [0.5, 0.6) is 11.5 Å². The molecule has 2 heterocycles. The normalized spacial score (nSPS) is 17.0. The minimum Gasteiger partial charge on any atom is -0.454 e. The van der Waals surface area contributed by atoms with Crippen LogP contribution < -0.4 is 14.8 Å². The van der Waals surface area contributed by atoms with Crippen LogP contribution in [0, 0.1) is 6.42 Å². The highest BCUT2D eigenvalue weighted by Crippen LogP contribution is 2.33. The molecule has 3 rings (SSSR count). The molecule has 0 saturated heterocycles. The molecule has 127 valence electrons. The molecule has 1 atom stereocenters. The first kappa shape index (κ1) is 16.5. The number of imide groups is 1. The molecule has 2 aliphatic heterocycles. The minimum absolute atomic E-state index is 0.210. The number of hydrogen-bond acceptors (Lipinski definition) is 5. The highest BCUT2D eigenvalue weighted by Gasteiger charge is 2.22. The van der Waals surface area contributed by atoms with Gasteiger partial charge in [-0.2, -0.15) is 0 Å². The van der Waals surface area contributed by atoms with E-state index >= 15 is 0 Å². The molecule has 1 unspecified atom stereocenters. The van der Waals surface area contributed by atoms with E-state index in [1.165, 1.54) is 17.1 Å². The quantitative estimate of drug-likeness (QED) is 0.580. The summed E-state index contributed by atoms with van der Waals surface area (Å²) in [4.78, 5) is 24.1. The minimum atomic E-state index is -0.211. The van der Waals surface area contributed by atoms with Gasteiger partial charge in [-0.15, -0.1) is 0 Å². The Hall–Kier alpha value is -2.34. The number of rotatable bonds is 8. The van der Waals surface area contributed by atoms with E-state index in [-0.39, 0.29) is 24.6 Å². The number of benzene rings is 1. The second-order valence-electron chi connectivity index (χ2n) is 5.89. The molecule has 2 amide bonds. The van der Waals surface area contributed by atoms with Crippen LogP contribution in [-0.2, 0) is 9.59 Å². The van der Waals surface area contributed by atoms with E-state index in [1.54, 1.807) is 0 Å². The van der Waals surface area contributed by atoms with Crippen LogP contribution in [0.3, 0.4) is 0 Å². The Kier molecular flexibility index (Phi) is 5.15. The van der Waals surface area contributed by atoms with Gasteiger partial charge < -0.3 is 14.8 Å². The van der Waals surface area contributed by atoms with Gasteiger partial charge in [0.25, 0.3) is 11.8 Å². The summed E-state index contributed by atoms with van der Waals surface area (Å²) < 4.78 is 10.7. The predicted molar refractivity (Wildman–Crippen MR) is 88.5 cm³/mol. The zero-order valence-corrected chi connectivity index (χ0v) is 13.7. The Labute approximate surface area is 141 Å². The maximum atomic E-state index is 11.4. The summed E-state index contributed by atoms with van der Waals surface area (Å²) in [5.41, 5.74) is 1.08. The van der Waals surface area contributed by atoms with Gasteiger partial charge in [0.1, 0.15) is 0 Å². The Morgan fingerprint density at radius 1 is 1.17 bits per heavy atom. The fraction of sp³-hybridized carbons (Fsp3) is 0.389. The van der Waals surface area contributed by atoms with Crippen LogP contribution in [0.1, 0.15) is 25.3 Å². The Bertz CT molecular complexity index is 638.